The Hall–Kier alpha value is -2.02. The zero-order valence-corrected chi connectivity index (χ0v) is 9.68. The summed E-state index contributed by atoms with van der Waals surface area (Å²) in [5, 5.41) is 18.5. The molecular formula is C13H14N2O2. The fourth-order valence-corrected chi connectivity index (χ4v) is 2.05. The highest BCUT2D eigenvalue weighted by molar-refractivity contribution is 5.95. The first-order chi connectivity index (χ1) is 8.13. The van der Waals surface area contributed by atoms with Gasteiger partial charge in [-0.3, -0.25) is 4.79 Å². The molecule has 1 aromatic carbocycles. The minimum Gasteiger partial charge on any atom is -0.508 e. The Morgan fingerprint density at radius 2 is 2.35 bits per heavy atom. The molecule has 1 aliphatic rings. The molecule has 4 nitrogen and oxygen atoms in total. The number of nitriles is 1. The van der Waals surface area contributed by atoms with Gasteiger partial charge in [-0.2, -0.15) is 5.26 Å². The van der Waals surface area contributed by atoms with Crippen molar-refractivity contribution < 1.29 is 9.90 Å². The molecule has 0 aliphatic carbocycles. The molecule has 17 heavy (non-hydrogen) atoms. The smallest absolute Gasteiger partial charge is 0.255 e. The van der Waals surface area contributed by atoms with E-state index in [4.69, 9.17) is 5.26 Å². The number of likely N-dealkylation sites (tertiary alicyclic amines) is 1. The number of rotatable bonds is 1. The number of carbonyl (C=O) groups is 1. The Kier molecular flexibility index (Phi) is 3.01. The van der Waals surface area contributed by atoms with Gasteiger partial charge in [0.15, 0.2) is 0 Å². The van der Waals surface area contributed by atoms with E-state index in [2.05, 4.69) is 6.07 Å². The van der Waals surface area contributed by atoms with Crippen LogP contribution in [-0.4, -0.2) is 28.5 Å². The quantitative estimate of drug-likeness (QED) is 0.800. The van der Waals surface area contributed by atoms with Crippen LogP contribution in [0.15, 0.2) is 18.2 Å². The van der Waals surface area contributed by atoms with Gasteiger partial charge in [0, 0.05) is 12.1 Å². The zero-order chi connectivity index (χ0) is 12.4. The van der Waals surface area contributed by atoms with Crippen molar-refractivity contribution in [2.24, 2.45) is 0 Å². The van der Waals surface area contributed by atoms with Crippen LogP contribution in [-0.2, 0) is 0 Å². The van der Waals surface area contributed by atoms with Gasteiger partial charge >= 0.3 is 0 Å². The van der Waals surface area contributed by atoms with Gasteiger partial charge in [-0.15, -0.1) is 0 Å². The van der Waals surface area contributed by atoms with Crippen LogP contribution in [0, 0.1) is 18.3 Å². The van der Waals surface area contributed by atoms with Gasteiger partial charge in [0.1, 0.15) is 11.8 Å². The van der Waals surface area contributed by atoms with E-state index < -0.39 is 0 Å². The summed E-state index contributed by atoms with van der Waals surface area (Å²) in [4.78, 5) is 13.7. The first-order valence-electron chi connectivity index (χ1n) is 5.63. The van der Waals surface area contributed by atoms with Crippen LogP contribution in [0.3, 0.4) is 0 Å². The first kappa shape index (κ1) is 11.5. The van der Waals surface area contributed by atoms with E-state index in [0.29, 0.717) is 12.1 Å². The number of aromatic hydroxyl groups is 1. The van der Waals surface area contributed by atoms with Gasteiger partial charge in [-0.25, -0.2) is 0 Å². The number of aryl methyl sites for hydroxylation is 1. The number of phenolic OH excluding ortho intramolecular Hbond substituents is 1. The molecule has 0 bridgehead atoms. The summed E-state index contributed by atoms with van der Waals surface area (Å²) in [7, 11) is 0. The number of hydrogen-bond acceptors (Lipinski definition) is 3. The third kappa shape index (κ3) is 2.09. The lowest BCUT2D eigenvalue weighted by Crippen LogP contribution is -2.34. The Balaban J connectivity index is 2.25. The van der Waals surface area contributed by atoms with Crippen LogP contribution in [0.4, 0.5) is 0 Å². The van der Waals surface area contributed by atoms with E-state index in [1.165, 1.54) is 6.07 Å². The molecule has 0 spiro atoms. The molecule has 1 N–H and O–H groups in total. The predicted molar refractivity (Wildman–Crippen MR) is 62.5 cm³/mol. The van der Waals surface area contributed by atoms with Crippen LogP contribution in [0.2, 0.25) is 0 Å². The van der Waals surface area contributed by atoms with Crippen molar-refractivity contribution in [3.8, 4) is 11.8 Å². The summed E-state index contributed by atoms with van der Waals surface area (Å²) >= 11 is 0. The Labute approximate surface area is 100 Å². The topological polar surface area (TPSA) is 64.3 Å². The van der Waals surface area contributed by atoms with E-state index in [1.54, 1.807) is 24.0 Å². The van der Waals surface area contributed by atoms with Crippen molar-refractivity contribution in [3.63, 3.8) is 0 Å². The molecule has 1 amide bonds. The molecule has 0 radical (unpaired) electrons. The van der Waals surface area contributed by atoms with Crippen LogP contribution < -0.4 is 0 Å². The first-order valence-corrected chi connectivity index (χ1v) is 5.63. The maximum atomic E-state index is 12.1. The summed E-state index contributed by atoms with van der Waals surface area (Å²) in [6, 6.07) is 6.66. The van der Waals surface area contributed by atoms with Crippen molar-refractivity contribution >= 4 is 5.91 Å². The lowest BCUT2D eigenvalue weighted by molar-refractivity contribution is 0.0764. The van der Waals surface area contributed by atoms with Gasteiger partial charge in [-0.1, -0.05) is 6.07 Å². The summed E-state index contributed by atoms with van der Waals surface area (Å²) in [5.41, 5.74) is 1.18. The maximum absolute atomic E-state index is 12.1. The van der Waals surface area contributed by atoms with Crippen LogP contribution in [0.5, 0.6) is 5.75 Å². The zero-order valence-electron chi connectivity index (χ0n) is 9.68. The molecular weight excluding hydrogens is 216 g/mol. The fourth-order valence-electron chi connectivity index (χ4n) is 2.05. The number of phenols is 1. The largest absolute Gasteiger partial charge is 0.508 e. The molecule has 1 heterocycles. The van der Waals surface area contributed by atoms with E-state index in [0.717, 1.165) is 18.4 Å². The minimum atomic E-state index is -0.328. The van der Waals surface area contributed by atoms with Crippen LogP contribution in [0.1, 0.15) is 28.8 Å². The molecule has 0 aromatic heterocycles. The van der Waals surface area contributed by atoms with Gasteiger partial charge in [-0.05, 0) is 37.5 Å². The van der Waals surface area contributed by atoms with Crippen molar-refractivity contribution in [3.05, 3.63) is 29.3 Å². The summed E-state index contributed by atoms with van der Waals surface area (Å²) in [5.74, 6) is -0.0621. The highest BCUT2D eigenvalue weighted by Gasteiger charge is 2.29. The second kappa shape index (κ2) is 4.46. The second-order valence-electron chi connectivity index (χ2n) is 4.29. The summed E-state index contributed by atoms with van der Waals surface area (Å²) < 4.78 is 0. The highest BCUT2D eigenvalue weighted by atomic mass is 16.3. The maximum Gasteiger partial charge on any atom is 0.255 e. The molecule has 1 aliphatic heterocycles. The number of hydrogen-bond donors (Lipinski definition) is 1. The molecule has 1 unspecified atom stereocenters. The van der Waals surface area contributed by atoms with Gasteiger partial charge in [0.2, 0.25) is 0 Å². The monoisotopic (exact) mass is 230 g/mol. The van der Waals surface area contributed by atoms with E-state index >= 15 is 0 Å². The van der Waals surface area contributed by atoms with E-state index in [1.807, 2.05) is 0 Å². The molecule has 1 saturated heterocycles. The minimum absolute atomic E-state index is 0.114. The molecule has 1 fully saturated rings. The predicted octanol–water partition coefficient (Wildman–Crippen LogP) is 1.83. The lowest BCUT2D eigenvalue weighted by atomic mass is 10.1. The van der Waals surface area contributed by atoms with E-state index in [-0.39, 0.29) is 17.7 Å². The number of benzene rings is 1. The molecule has 88 valence electrons. The molecule has 1 atom stereocenters. The number of carbonyl (C=O) groups excluding carboxylic acids is 1. The van der Waals surface area contributed by atoms with Gasteiger partial charge in [0.25, 0.3) is 5.91 Å². The Morgan fingerprint density at radius 3 is 3.00 bits per heavy atom. The van der Waals surface area contributed by atoms with Crippen molar-refractivity contribution in [2.75, 3.05) is 6.54 Å². The van der Waals surface area contributed by atoms with E-state index in [9.17, 15) is 9.90 Å². The Morgan fingerprint density at radius 1 is 1.59 bits per heavy atom. The van der Waals surface area contributed by atoms with Crippen LogP contribution >= 0.6 is 0 Å². The van der Waals surface area contributed by atoms with Gasteiger partial charge < -0.3 is 10.0 Å². The van der Waals surface area contributed by atoms with Crippen molar-refractivity contribution in [1.29, 1.82) is 5.26 Å². The molecule has 1 aromatic rings. The molecule has 2 rings (SSSR count). The summed E-state index contributed by atoms with van der Waals surface area (Å²) in [6.45, 7) is 2.39. The van der Waals surface area contributed by atoms with Gasteiger partial charge in [0.05, 0.1) is 6.07 Å². The molecule has 4 heteroatoms. The average molecular weight is 230 g/mol. The Bertz CT molecular complexity index is 491. The van der Waals surface area contributed by atoms with Crippen molar-refractivity contribution in [2.45, 2.75) is 25.8 Å². The molecule has 0 saturated carbocycles. The fraction of sp³-hybridized carbons (Fsp3) is 0.385. The normalized spacial score (nSPS) is 19.1. The number of amides is 1. The third-order valence-electron chi connectivity index (χ3n) is 3.12. The van der Waals surface area contributed by atoms with Crippen molar-refractivity contribution in [1.82, 2.24) is 4.90 Å². The SMILES string of the molecule is Cc1ccc(C(=O)N2CCCC2C#N)cc1O. The average Bonchev–Trinajstić information content (AvgIpc) is 2.80. The third-order valence-corrected chi connectivity index (χ3v) is 3.12. The van der Waals surface area contributed by atoms with Crippen LogP contribution in [0.25, 0.3) is 0 Å². The second-order valence-corrected chi connectivity index (χ2v) is 4.29. The number of nitrogens with zero attached hydrogens (tertiary/aromatic N) is 2. The lowest BCUT2D eigenvalue weighted by Gasteiger charge is -2.19. The standard InChI is InChI=1S/C13H14N2O2/c1-9-4-5-10(7-12(9)16)13(17)15-6-2-3-11(15)8-14/h4-5,7,11,16H,2-3,6H2,1H3. The highest BCUT2D eigenvalue weighted by Crippen LogP contribution is 2.23. The summed E-state index contributed by atoms with van der Waals surface area (Å²) in [6.07, 6.45) is 1.60.